The largest absolute Gasteiger partial charge is 0.465 e. The summed E-state index contributed by atoms with van der Waals surface area (Å²) in [5.41, 5.74) is 4.23. The number of benzene rings is 2. The Hall–Kier alpha value is -2.99. The normalized spacial score (nSPS) is 11.6. The summed E-state index contributed by atoms with van der Waals surface area (Å²) in [4.78, 5) is 29.1. The van der Waals surface area contributed by atoms with Crippen molar-refractivity contribution in [1.82, 2.24) is 4.57 Å². The Morgan fingerprint density at radius 1 is 1.15 bits per heavy atom. The van der Waals surface area contributed by atoms with Crippen LogP contribution in [0.3, 0.4) is 0 Å². The van der Waals surface area contributed by atoms with E-state index in [1.165, 1.54) is 29.6 Å². The van der Waals surface area contributed by atoms with Crippen LogP contribution in [-0.2, 0) is 11.3 Å². The highest BCUT2D eigenvalue weighted by atomic mass is 32.1. The molecule has 3 aromatic rings. The number of esters is 1. The van der Waals surface area contributed by atoms with E-state index in [-0.39, 0.29) is 5.91 Å². The van der Waals surface area contributed by atoms with E-state index in [0.29, 0.717) is 22.5 Å². The van der Waals surface area contributed by atoms with Gasteiger partial charge in [0.1, 0.15) is 0 Å². The van der Waals surface area contributed by atoms with Crippen LogP contribution in [-0.4, -0.2) is 23.6 Å². The Morgan fingerprint density at radius 2 is 1.78 bits per heavy atom. The van der Waals surface area contributed by atoms with Gasteiger partial charge in [0, 0.05) is 12.1 Å². The van der Waals surface area contributed by atoms with E-state index in [4.69, 9.17) is 0 Å². The molecular weight excluding hydrogens is 360 g/mol. The first-order valence-electron chi connectivity index (χ1n) is 8.43. The summed E-state index contributed by atoms with van der Waals surface area (Å²) in [6.45, 7) is 8.51. The van der Waals surface area contributed by atoms with Crippen LogP contribution < -0.4 is 4.80 Å². The molecule has 0 spiro atoms. The van der Waals surface area contributed by atoms with Gasteiger partial charge in [-0.3, -0.25) is 4.79 Å². The topological polar surface area (TPSA) is 60.7 Å². The van der Waals surface area contributed by atoms with E-state index in [1.54, 1.807) is 30.3 Å². The lowest BCUT2D eigenvalue weighted by Gasteiger charge is -2.04. The number of carbonyl (C=O) groups excluding carboxylic acids is 2. The highest BCUT2D eigenvalue weighted by Gasteiger charge is 2.11. The van der Waals surface area contributed by atoms with E-state index < -0.39 is 5.97 Å². The zero-order valence-electron chi connectivity index (χ0n) is 15.5. The summed E-state index contributed by atoms with van der Waals surface area (Å²) >= 11 is 1.47. The first-order chi connectivity index (χ1) is 12.9. The molecule has 2 aromatic carbocycles. The van der Waals surface area contributed by atoms with Crippen LogP contribution in [0, 0.1) is 13.8 Å². The van der Waals surface area contributed by atoms with Crippen molar-refractivity contribution in [2.45, 2.75) is 20.4 Å². The number of thiazole rings is 1. The fourth-order valence-corrected chi connectivity index (χ4v) is 3.85. The van der Waals surface area contributed by atoms with Gasteiger partial charge < -0.3 is 9.30 Å². The highest BCUT2D eigenvalue weighted by Crippen LogP contribution is 2.22. The number of aryl methyl sites for hydroxylation is 2. The molecule has 3 rings (SSSR count). The van der Waals surface area contributed by atoms with Crippen molar-refractivity contribution in [2.24, 2.45) is 4.99 Å². The van der Waals surface area contributed by atoms with Gasteiger partial charge in [0.05, 0.1) is 22.9 Å². The number of hydrogen-bond donors (Lipinski definition) is 0. The van der Waals surface area contributed by atoms with E-state index in [0.717, 1.165) is 10.2 Å². The number of hydrogen-bond acceptors (Lipinski definition) is 4. The number of fused-ring (bicyclic) bond motifs is 1. The molecule has 0 unspecified atom stereocenters. The molecule has 0 aliphatic carbocycles. The Bertz CT molecular complexity index is 1100. The molecule has 0 radical (unpaired) electrons. The molecule has 0 aliphatic heterocycles. The molecule has 0 N–H and O–H groups in total. The third-order valence-corrected chi connectivity index (χ3v) is 5.40. The number of carbonyl (C=O) groups is 2. The van der Waals surface area contributed by atoms with Gasteiger partial charge in [0.25, 0.3) is 5.91 Å². The Kier molecular flexibility index (Phi) is 5.37. The molecule has 5 nitrogen and oxygen atoms in total. The Balaban J connectivity index is 2.06. The molecule has 6 heteroatoms. The van der Waals surface area contributed by atoms with E-state index >= 15 is 0 Å². The minimum Gasteiger partial charge on any atom is -0.465 e. The van der Waals surface area contributed by atoms with Crippen molar-refractivity contribution in [3.8, 4) is 0 Å². The molecule has 1 heterocycles. The van der Waals surface area contributed by atoms with Crippen LogP contribution in [0.5, 0.6) is 0 Å². The van der Waals surface area contributed by atoms with Crippen LogP contribution >= 0.6 is 11.3 Å². The molecule has 0 bridgehead atoms. The second-order valence-electron chi connectivity index (χ2n) is 6.17. The SMILES string of the molecule is C=CCn1c(=NC(=O)c2ccc(C(=O)OC)cc2)sc2cc(C)c(C)cc21. The van der Waals surface area contributed by atoms with E-state index in [2.05, 4.69) is 42.3 Å². The zero-order valence-corrected chi connectivity index (χ0v) is 16.3. The average molecular weight is 380 g/mol. The number of methoxy groups -OCH3 is 1. The van der Waals surface area contributed by atoms with E-state index in [9.17, 15) is 9.59 Å². The number of aromatic nitrogens is 1. The third-order valence-electron chi connectivity index (χ3n) is 4.36. The van der Waals surface area contributed by atoms with Gasteiger partial charge in [0.2, 0.25) is 0 Å². The predicted octanol–water partition coefficient (Wildman–Crippen LogP) is 4.03. The zero-order chi connectivity index (χ0) is 19.6. The maximum atomic E-state index is 12.6. The van der Waals surface area contributed by atoms with Gasteiger partial charge in [-0.15, -0.1) is 6.58 Å². The summed E-state index contributed by atoms with van der Waals surface area (Å²) in [5, 5.41) is 0. The first-order valence-corrected chi connectivity index (χ1v) is 9.25. The molecule has 0 atom stereocenters. The Labute approximate surface area is 161 Å². The number of allylic oxidation sites excluding steroid dienone is 1. The van der Waals surface area contributed by atoms with Crippen LogP contribution in [0.1, 0.15) is 31.8 Å². The summed E-state index contributed by atoms with van der Waals surface area (Å²) in [6.07, 6.45) is 1.79. The van der Waals surface area contributed by atoms with Crippen molar-refractivity contribution in [3.63, 3.8) is 0 Å². The number of ether oxygens (including phenoxy) is 1. The monoisotopic (exact) mass is 380 g/mol. The molecule has 0 saturated heterocycles. The maximum absolute atomic E-state index is 12.6. The summed E-state index contributed by atoms with van der Waals surface area (Å²) in [6, 6.07) is 10.5. The number of rotatable bonds is 4. The molecule has 1 aromatic heterocycles. The molecule has 1 amide bonds. The minimum absolute atomic E-state index is 0.357. The summed E-state index contributed by atoms with van der Waals surface area (Å²) in [7, 11) is 1.32. The van der Waals surface area contributed by atoms with Crippen LogP contribution in [0.4, 0.5) is 0 Å². The van der Waals surface area contributed by atoms with Crippen molar-refractivity contribution < 1.29 is 14.3 Å². The quantitative estimate of drug-likeness (QED) is 0.507. The predicted molar refractivity (Wildman–Crippen MR) is 107 cm³/mol. The third kappa shape index (κ3) is 3.75. The number of nitrogens with zero attached hydrogens (tertiary/aromatic N) is 2. The molecule has 0 fully saturated rings. The van der Waals surface area contributed by atoms with Crippen molar-refractivity contribution >= 4 is 33.4 Å². The van der Waals surface area contributed by atoms with Gasteiger partial charge in [-0.25, -0.2) is 4.79 Å². The summed E-state index contributed by atoms with van der Waals surface area (Å²) in [5.74, 6) is -0.797. The summed E-state index contributed by atoms with van der Waals surface area (Å²) < 4.78 is 7.73. The number of amides is 1. The van der Waals surface area contributed by atoms with Gasteiger partial charge in [0.15, 0.2) is 4.80 Å². The van der Waals surface area contributed by atoms with Crippen molar-refractivity contribution in [1.29, 1.82) is 0 Å². The fourth-order valence-electron chi connectivity index (χ4n) is 2.73. The first kappa shape index (κ1) is 18.8. The van der Waals surface area contributed by atoms with E-state index in [1.807, 2.05) is 4.57 Å². The lowest BCUT2D eigenvalue weighted by Crippen LogP contribution is -2.16. The average Bonchev–Trinajstić information content (AvgIpc) is 2.98. The lowest BCUT2D eigenvalue weighted by atomic mass is 10.1. The maximum Gasteiger partial charge on any atom is 0.337 e. The molecule has 0 saturated carbocycles. The van der Waals surface area contributed by atoms with Gasteiger partial charge in [-0.2, -0.15) is 4.99 Å². The van der Waals surface area contributed by atoms with Crippen molar-refractivity contribution in [3.05, 3.63) is 76.1 Å². The molecular formula is C21H20N2O3S. The van der Waals surface area contributed by atoms with Crippen LogP contribution in [0.15, 0.2) is 54.0 Å². The van der Waals surface area contributed by atoms with Gasteiger partial charge in [-0.1, -0.05) is 17.4 Å². The van der Waals surface area contributed by atoms with Gasteiger partial charge >= 0.3 is 5.97 Å². The molecule has 27 heavy (non-hydrogen) atoms. The lowest BCUT2D eigenvalue weighted by molar-refractivity contribution is 0.0600. The smallest absolute Gasteiger partial charge is 0.337 e. The second-order valence-corrected chi connectivity index (χ2v) is 7.18. The van der Waals surface area contributed by atoms with Crippen LogP contribution in [0.25, 0.3) is 10.2 Å². The highest BCUT2D eigenvalue weighted by molar-refractivity contribution is 7.16. The van der Waals surface area contributed by atoms with Crippen LogP contribution in [0.2, 0.25) is 0 Å². The second kappa shape index (κ2) is 7.72. The van der Waals surface area contributed by atoms with Crippen molar-refractivity contribution in [2.75, 3.05) is 7.11 Å². The molecule has 0 aliphatic rings. The van der Waals surface area contributed by atoms with Gasteiger partial charge in [-0.05, 0) is 61.4 Å². The standard InChI is InChI=1S/C21H20N2O3S/c1-5-10-23-17-11-13(2)14(3)12-18(17)27-21(23)22-19(24)15-6-8-16(9-7-15)20(25)26-4/h5-9,11-12H,1,10H2,2-4H3. The fraction of sp³-hybridized carbons (Fsp3) is 0.190. The minimum atomic E-state index is -0.440. The molecule has 138 valence electrons. The Morgan fingerprint density at radius 3 is 2.41 bits per heavy atom.